The molecule has 0 aliphatic carbocycles. The van der Waals surface area contributed by atoms with Gasteiger partial charge in [0.05, 0.1) is 16.9 Å². The maximum Gasteiger partial charge on any atom is 0.344 e. The predicted molar refractivity (Wildman–Crippen MR) is 111 cm³/mol. The Morgan fingerprint density at radius 2 is 1.94 bits per heavy atom. The maximum absolute atomic E-state index is 13.3. The predicted octanol–water partition coefficient (Wildman–Crippen LogP) is 3.35. The fourth-order valence-electron chi connectivity index (χ4n) is 4.15. The van der Waals surface area contributed by atoms with E-state index < -0.39 is 23.6 Å². The van der Waals surface area contributed by atoms with Crippen LogP contribution in [0.3, 0.4) is 0 Å². The molecule has 1 N–H and O–H groups in total. The van der Waals surface area contributed by atoms with Gasteiger partial charge in [0.1, 0.15) is 17.1 Å². The van der Waals surface area contributed by atoms with Crippen LogP contribution in [0.25, 0.3) is 11.0 Å². The Hall–Kier alpha value is -4.27. The molecule has 0 saturated heterocycles. The molecule has 1 amide bonds. The van der Waals surface area contributed by atoms with Crippen LogP contribution in [-0.4, -0.2) is 24.0 Å². The minimum Gasteiger partial charge on any atom is -0.478 e. The van der Waals surface area contributed by atoms with Crippen molar-refractivity contribution in [1.29, 1.82) is 0 Å². The van der Waals surface area contributed by atoms with Crippen LogP contribution in [0.4, 0.5) is 5.82 Å². The summed E-state index contributed by atoms with van der Waals surface area (Å²) in [4.78, 5) is 26.3. The lowest BCUT2D eigenvalue weighted by atomic mass is 9.88. The number of carbonyl (C=O) groups is 1. The van der Waals surface area contributed by atoms with Crippen LogP contribution in [0.15, 0.2) is 62.3 Å². The van der Waals surface area contributed by atoms with Crippen molar-refractivity contribution >= 4 is 22.7 Å². The Balaban J connectivity index is 1.50. The summed E-state index contributed by atoms with van der Waals surface area (Å²) in [6, 6.07) is 13.9. The van der Waals surface area contributed by atoms with Crippen LogP contribution >= 0.6 is 0 Å². The highest BCUT2D eigenvalue weighted by Crippen LogP contribution is 2.46. The molecule has 9 nitrogen and oxygen atoms in total. The summed E-state index contributed by atoms with van der Waals surface area (Å²) in [7, 11) is 0. The smallest absolute Gasteiger partial charge is 0.344 e. The molecule has 32 heavy (non-hydrogen) atoms. The van der Waals surface area contributed by atoms with Crippen LogP contribution in [0.2, 0.25) is 0 Å². The van der Waals surface area contributed by atoms with Crippen molar-refractivity contribution in [2.45, 2.75) is 18.9 Å². The van der Waals surface area contributed by atoms with Crippen molar-refractivity contribution in [3.05, 3.63) is 75.8 Å². The van der Waals surface area contributed by atoms with E-state index in [-0.39, 0.29) is 18.2 Å². The van der Waals surface area contributed by atoms with E-state index in [1.165, 1.54) is 0 Å². The molecule has 6 rings (SSSR count). The number of para-hydroxylation sites is 1. The molecule has 2 aromatic carbocycles. The Bertz CT molecular complexity index is 1440. The summed E-state index contributed by atoms with van der Waals surface area (Å²) in [5.74, 6) is 1.07. The summed E-state index contributed by atoms with van der Waals surface area (Å²) in [6.45, 7) is 1.83. The van der Waals surface area contributed by atoms with Crippen LogP contribution in [0, 0.1) is 6.92 Å². The van der Waals surface area contributed by atoms with E-state index in [2.05, 4.69) is 10.5 Å². The van der Waals surface area contributed by atoms with Gasteiger partial charge in [0, 0.05) is 6.07 Å². The maximum atomic E-state index is 13.3. The zero-order valence-corrected chi connectivity index (χ0v) is 16.8. The van der Waals surface area contributed by atoms with Gasteiger partial charge in [-0.25, -0.2) is 4.79 Å². The largest absolute Gasteiger partial charge is 0.478 e. The number of nitrogens with one attached hydrogen (secondary N) is 1. The Morgan fingerprint density at radius 3 is 2.78 bits per heavy atom. The van der Waals surface area contributed by atoms with E-state index in [0.717, 1.165) is 0 Å². The number of aromatic nitrogens is 1. The Kier molecular flexibility index (Phi) is 3.97. The molecule has 160 valence electrons. The highest BCUT2D eigenvalue weighted by atomic mass is 16.7. The lowest BCUT2D eigenvalue weighted by Gasteiger charge is -2.18. The van der Waals surface area contributed by atoms with E-state index in [1.54, 1.807) is 49.4 Å². The fraction of sp³-hybridized carbons (Fsp3) is 0.174. The summed E-state index contributed by atoms with van der Waals surface area (Å²) in [5, 5.41) is 7.12. The number of carbonyl (C=O) groups excluding carboxylic acids is 1. The van der Waals surface area contributed by atoms with Crippen LogP contribution in [0.5, 0.6) is 17.2 Å². The molecule has 0 radical (unpaired) electrons. The van der Waals surface area contributed by atoms with Crippen molar-refractivity contribution in [3.8, 4) is 17.2 Å². The number of anilines is 1. The van der Waals surface area contributed by atoms with Gasteiger partial charge in [0.2, 0.25) is 6.79 Å². The first-order chi connectivity index (χ1) is 15.6. The highest BCUT2D eigenvalue weighted by molar-refractivity contribution is 5.97. The summed E-state index contributed by atoms with van der Waals surface area (Å²) >= 11 is 0. The van der Waals surface area contributed by atoms with Gasteiger partial charge in [0.15, 0.2) is 23.4 Å². The number of aryl methyl sites for hydroxylation is 1. The number of nitrogens with zero attached hydrogens (tertiary/aromatic N) is 1. The number of amides is 1. The normalized spacial score (nSPS) is 18.4. The lowest BCUT2D eigenvalue weighted by molar-refractivity contribution is -0.122. The molecule has 2 aromatic heterocycles. The Morgan fingerprint density at radius 1 is 1.09 bits per heavy atom. The second kappa shape index (κ2) is 6.88. The van der Waals surface area contributed by atoms with Crippen molar-refractivity contribution in [2.75, 3.05) is 12.1 Å². The molecule has 4 heterocycles. The minimum absolute atomic E-state index is 0.110. The van der Waals surface area contributed by atoms with E-state index in [9.17, 15) is 9.59 Å². The lowest BCUT2D eigenvalue weighted by Crippen LogP contribution is -2.35. The molecule has 9 heteroatoms. The third kappa shape index (κ3) is 2.82. The number of ether oxygens (including phenoxy) is 3. The summed E-state index contributed by atoms with van der Waals surface area (Å²) in [5.41, 5.74) is 0.758. The molecule has 4 aromatic rings. The minimum atomic E-state index is -1.05. The van der Waals surface area contributed by atoms with Gasteiger partial charge in [0.25, 0.3) is 5.91 Å². The van der Waals surface area contributed by atoms with Gasteiger partial charge < -0.3 is 28.5 Å². The second-order valence-corrected chi connectivity index (χ2v) is 7.57. The van der Waals surface area contributed by atoms with Crippen molar-refractivity contribution in [2.24, 2.45) is 0 Å². The molecule has 0 fully saturated rings. The van der Waals surface area contributed by atoms with E-state index in [1.807, 2.05) is 6.07 Å². The number of benzene rings is 2. The van der Waals surface area contributed by atoms with Gasteiger partial charge in [-0.2, -0.15) is 0 Å². The number of hydrogen-bond donors (Lipinski definition) is 1. The third-order valence-electron chi connectivity index (χ3n) is 5.55. The zero-order chi connectivity index (χ0) is 21.8. The van der Waals surface area contributed by atoms with Crippen molar-refractivity contribution in [3.63, 3.8) is 0 Å². The standard InChI is InChI=1S/C23H16N2O7/c1-11-8-17(25-32-11)24-22(26)21-18(12-6-7-15-16(9-12)29-10-28-15)19-20(31-21)13-4-2-3-5-14(13)30-23(19)27/h2-9,18,21H,10H2,1H3,(H,24,25,26)/t18-,21+/m1/s1. The van der Waals surface area contributed by atoms with E-state index in [0.29, 0.717) is 39.5 Å². The summed E-state index contributed by atoms with van der Waals surface area (Å²) in [6.07, 6.45) is -1.05. The molecule has 0 bridgehead atoms. The molecule has 0 unspecified atom stereocenters. The quantitative estimate of drug-likeness (QED) is 0.491. The van der Waals surface area contributed by atoms with Crippen molar-refractivity contribution < 1.29 is 27.9 Å². The first kappa shape index (κ1) is 18.5. The van der Waals surface area contributed by atoms with Gasteiger partial charge in [-0.1, -0.05) is 23.4 Å². The second-order valence-electron chi connectivity index (χ2n) is 7.57. The van der Waals surface area contributed by atoms with Crippen molar-refractivity contribution in [1.82, 2.24) is 5.16 Å². The number of fused-ring (bicyclic) bond motifs is 4. The average Bonchev–Trinajstić information content (AvgIpc) is 3.51. The highest BCUT2D eigenvalue weighted by Gasteiger charge is 2.44. The fourth-order valence-corrected chi connectivity index (χ4v) is 4.15. The Labute approximate surface area is 180 Å². The molecular formula is C23H16N2O7. The first-order valence-electron chi connectivity index (χ1n) is 9.94. The summed E-state index contributed by atoms with van der Waals surface area (Å²) < 4.78 is 27.6. The van der Waals surface area contributed by atoms with Gasteiger partial charge in [-0.3, -0.25) is 4.79 Å². The van der Waals surface area contributed by atoms with Gasteiger partial charge in [-0.15, -0.1) is 0 Å². The third-order valence-corrected chi connectivity index (χ3v) is 5.55. The number of rotatable bonds is 3. The average molecular weight is 432 g/mol. The molecule has 0 spiro atoms. The van der Waals surface area contributed by atoms with Crippen LogP contribution < -0.4 is 25.2 Å². The van der Waals surface area contributed by atoms with E-state index >= 15 is 0 Å². The molecule has 2 aliphatic heterocycles. The molecular weight excluding hydrogens is 416 g/mol. The molecule has 0 saturated carbocycles. The number of hydrogen-bond acceptors (Lipinski definition) is 8. The topological polar surface area (TPSA) is 113 Å². The molecule has 2 aliphatic rings. The van der Waals surface area contributed by atoms with Crippen LogP contribution in [-0.2, 0) is 4.79 Å². The zero-order valence-electron chi connectivity index (χ0n) is 16.8. The first-order valence-corrected chi connectivity index (χ1v) is 9.94. The van der Waals surface area contributed by atoms with Gasteiger partial charge >= 0.3 is 5.63 Å². The monoisotopic (exact) mass is 432 g/mol. The van der Waals surface area contributed by atoms with Gasteiger partial charge in [-0.05, 0) is 36.8 Å². The SMILES string of the molecule is Cc1cc(NC(=O)[C@H]2Oc3c(c(=O)oc4ccccc34)[C@H]2c2ccc3c(c2)OCO3)no1. The van der Waals surface area contributed by atoms with Crippen LogP contribution in [0.1, 0.15) is 22.8 Å². The molecule has 2 atom stereocenters. The van der Waals surface area contributed by atoms with E-state index in [4.69, 9.17) is 23.2 Å².